The van der Waals surface area contributed by atoms with E-state index >= 15 is 0 Å². The van der Waals surface area contributed by atoms with Crippen molar-refractivity contribution in [2.24, 2.45) is 5.16 Å². The van der Waals surface area contributed by atoms with Gasteiger partial charge in [0.05, 0.1) is 22.9 Å². The molecule has 0 saturated heterocycles. The first-order valence-corrected chi connectivity index (χ1v) is 8.50. The van der Waals surface area contributed by atoms with Gasteiger partial charge in [0.15, 0.2) is 11.5 Å². The van der Waals surface area contributed by atoms with Gasteiger partial charge in [0.1, 0.15) is 12.4 Å². The van der Waals surface area contributed by atoms with Crippen LogP contribution in [0.1, 0.15) is 18.1 Å². The van der Waals surface area contributed by atoms with Crippen molar-refractivity contribution in [2.45, 2.75) is 13.5 Å². The molecule has 2 aromatic carbocycles. The van der Waals surface area contributed by atoms with Gasteiger partial charge in [-0.25, -0.2) is 9.18 Å². The summed E-state index contributed by atoms with van der Waals surface area (Å²) in [5, 5.41) is 3.65. The Morgan fingerprint density at radius 1 is 1.31 bits per heavy atom. The third kappa shape index (κ3) is 3.94. The number of oxime groups is 1. The van der Waals surface area contributed by atoms with E-state index < -0.39 is 5.97 Å². The molecule has 0 radical (unpaired) electrons. The lowest BCUT2D eigenvalue weighted by molar-refractivity contribution is -0.136. The monoisotopic (exact) mass is 419 g/mol. The highest BCUT2D eigenvalue weighted by atomic mass is 79.9. The first kappa shape index (κ1) is 18.1. The van der Waals surface area contributed by atoms with Gasteiger partial charge in [-0.1, -0.05) is 17.3 Å². The van der Waals surface area contributed by atoms with Crippen LogP contribution in [0.25, 0.3) is 6.08 Å². The maximum atomic E-state index is 13.3. The largest absolute Gasteiger partial charge is 0.493 e. The molecule has 26 heavy (non-hydrogen) atoms. The zero-order valence-corrected chi connectivity index (χ0v) is 15.7. The van der Waals surface area contributed by atoms with E-state index in [0.29, 0.717) is 32.8 Å². The Morgan fingerprint density at radius 3 is 2.77 bits per heavy atom. The number of nitrogens with zero attached hydrogens (tertiary/aromatic N) is 1. The van der Waals surface area contributed by atoms with Crippen molar-refractivity contribution in [2.75, 3.05) is 7.11 Å². The molecule has 0 saturated carbocycles. The predicted molar refractivity (Wildman–Crippen MR) is 98.6 cm³/mol. The fourth-order valence-corrected chi connectivity index (χ4v) is 3.01. The van der Waals surface area contributed by atoms with Crippen molar-refractivity contribution in [3.63, 3.8) is 0 Å². The Balaban J connectivity index is 1.87. The standard InChI is InChI=1S/C19H15BrFNO4/c1-11-15(19(23)26-22-11)7-13-8-16(20)18(17(9-13)24-2)25-10-12-4-3-5-14(21)6-12/h3-9H,10H2,1-2H3. The second-order valence-corrected chi connectivity index (χ2v) is 6.42. The summed E-state index contributed by atoms with van der Waals surface area (Å²) in [5.74, 6) is 0.144. The molecule has 1 aliphatic rings. The van der Waals surface area contributed by atoms with E-state index in [1.165, 1.54) is 19.2 Å². The van der Waals surface area contributed by atoms with Crippen LogP contribution in [0.5, 0.6) is 11.5 Å². The lowest BCUT2D eigenvalue weighted by Crippen LogP contribution is -2.02. The molecule has 0 aliphatic carbocycles. The van der Waals surface area contributed by atoms with E-state index in [-0.39, 0.29) is 12.4 Å². The van der Waals surface area contributed by atoms with Gasteiger partial charge in [0.2, 0.25) is 0 Å². The summed E-state index contributed by atoms with van der Waals surface area (Å²) >= 11 is 3.45. The van der Waals surface area contributed by atoms with Gasteiger partial charge < -0.3 is 14.3 Å². The SMILES string of the molecule is COc1cc(C=C2C(=O)ON=C2C)cc(Br)c1OCc1cccc(F)c1. The van der Waals surface area contributed by atoms with Crippen molar-refractivity contribution < 1.29 is 23.5 Å². The molecule has 1 aliphatic heterocycles. The number of rotatable bonds is 5. The quantitative estimate of drug-likeness (QED) is 0.529. The minimum Gasteiger partial charge on any atom is -0.493 e. The van der Waals surface area contributed by atoms with Gasteiger partial charge in [0.25, 0.3) is 0 Å². The molecule has 0 bridgehead atoms. The van der Waals surface area contributed by atoms with Crippen LogP contribution < -0.4 is 9.47 Å². The summed E-state index contributed by atoms with van der Waals surface area (Å²) in [6.45, 7) is 1.88. The van der Waals surface area contributed by atoms with Crippen molar-refractivity contribution in [1.82, 2.24) is 0 Å². The topological polar surface area (TPSA) is 57.1 Å². The summed E-state index contributed by atoms with van der Waals surface area (Å²) in [6, 6.07) is 9.71. The highest BCUT2D eigenvalue weighted by Gasteiger charge is 2.22. The van der Waals surface area contributed by atoms with Crippen LogP contribution in [0.2, 0.25) is 0 Å². The van der Waals surface area contributed by atoms with Crippen LogP contribution in [0.3, 0.4) is 0 Å². The molecule has 0 atom stereocenters. The Hall–Kier alpha value is -2.67. The van der Waals surface area contributed by atoms with Gasteiger partial charge in [-0.2, -0.15) is 0 Å². The molecule has 0 spiro atoms. The zero-order valence-electron chi connectivity index (χ0n) is 14.1. The predicted octanol–water partition coefficient (Wildman–Crippen LogP) is 4.49. The lowest BCUT2D eigenvalue weighted by atomic mass is 10.1. The third-order valence-electron chi connectivity index (χ3n) is 3.71. The van der Waals surface area contributed by atoms with E-state index in [4.69, 9.17) is 9.47 Å². The van der Waals surface area contributed by atoms with Crippen molar-refractivity contribution in [1.29, 1.82) is 0 Å². The van der Waals surface area contributed by atoms with Crippen LogP contribution >= 0.6 is 15.9 Å². The van der Waals surface area contributed by atoms with E-state index in [1.54, 1.807) is 37.3 Å². The van der Waals surface area contributed by atoms with Gasteiger partial charge in [0, 0.05) is 0 Å². The average molecular weight is 420 g/mol. The molecular weight excluding hydrogens is 405 g/mol. The fourth-order valence-electron chi connectivity index (χ4n) is 2.43. The van der Waals surface area contributed by atoms with Gasteiger partial charge in [-0.15, -0.1) is 0 Å². The molecule has 0 unspecified atom stereocenters. The first-order chi connectivity index (χ1) is 12.5. The molecule has 0 amide bonds. The number of benzene rings is 2. The fraction of sp³-hybridized carbons (Fsp3) is 0.158. The van der Waals surface area contributed by atoms with Gasteiger partial charge in [-0.05, 0) is 64.3 Å². The number of ether oxygens (including phenoxy) is 2. The second-order valence-electron chi connectivity index (χ2n) is 5.57. The summed E-state index contributed by atoms with van der Waals surface area (Å²) in [7, 11) is 1.52. The van der Waals surface area contributed by atoms with E-state index in [0.717, 1.165) is 5.56 Å². The molecule has 3 rings (SSSR count). The maximum Gasteiger partial charge on any atom is 0.367 e. The van der Waals surface area contributed by atoms with Crippen LogP contribution in [0.4, 0.5) is 4.39 Å². The number of hydrogen-bond acceptors (Lipinski definition) is 5. The molecule has 0 aromatic heterocycles. The Kier molecular flexibility index (Phi) is 5.37. The van der Waals surface area contributed by atoms with Gasteiger partial charge >= 0.3 is 5.97 Å². The van der Waals surface area contributed by atoms with Crippen LogP contribution in [-0.4, -0.2) is 18.8 Å². The molecule has 2 aromatic rings. The van der Waals surface area contributed by atoms with E-state index in [2.05, 4.69) is 25.9 Å². The summed E-state index contributed by atoms with van der Waals surface area (Å²) in [5.41, 5.74) is 2.31. The van der Waals surface area contributed by atoms with Crippen LogP contribution in [0, 0.1) is 5.82 Å². The average Bonchev–Trinajstić information content (AvgIpc) is 2.92. The minimum atomic E-state index is -0.496. The Morgan fingerprint density at radius 2 is 2.12 bits per heavy atom. The smallest absolute Gasteiger partial charge is 0.367 e. The Bertz CT molecular complexity index is 924. The van der Waals surface area contributed by atoms with E-state index in [1.807, 2.05) is 0 Å². The minimum absolute atomic E-state index is 0.186. The highest BCUT2D eigenvalue weighted by Crippen LogP contribution is 2.38. The highest BCUT2D eigenvalue weighted by molar-refractivity contribution is 9.10. The molecule has 0 N–H and O–H groups in total. The van der Waals surface area contributed by atoms with Crippen molar-refractivity contribution >= 4 is 33.7 Å². The summed E-state index contributed by atoms with van der Waals surface area (Å²) in [4.78, 5) is 16.3. The Labute approximate surface area is 158 Å². The maximum absolute atomic E-state index is 13.3. The summed E-state index contributed by atoms with van der Waals surface area (Å²) in [6.07, 6.45) is 1.66. The van der Waals surface area contributed by atoms with Crippen LogP contribution in [0.15, 0.2) is 51.6 Å². The molecule has 5 nitrogen and oxygen atoms in total. The van der Waals surface area contributed by atoms with Gasteiger partial charge in [-0.3, -0.25) is 0 Å². The second kappa shape index (κ2) is 7.70. The zero-order chi connectivity index (χ0) is 18.7. The molecule has 1 heterocycles. The summed E-state index contributed by atoms with van der Waals surface area (Å²) < 4.78 is 25.1. The molecule has 0 fully saturated rings. The van der Waals surface area contributed by atoms with Crippen molar-refractivity contribution in [3.05, 3.63) is 63.4 Å². The normalized spacial score (nSPS) is 15.0. The lowest BCUT2D eigenvalue weighted by Gasteiger charge is -2.14. The third-order valence-corrected chi connectivity index (χ3v) is 4.30. The molecule has 7 heteroatoms. The number of hydrogen-bond donors (Lipinski definition) is 0. The number of carbonyl (C=O) groups is 1. The number of carbonyl (C=O) groups excluding carboxylic acids is 1. The van der Waals surface area contributed by atoms with Crippen LogP contribution in [-0.2, 0) is 16.2 Å². The molecule has 134 valence electrons. The van der Waals surface area contributed by atoms with E-state index in [9.17, 15) is 9.18 Å². The number of methoxy groups -OCH3 is 1. The van der Waals surface area contributed by atoms with Crippen molar-refractivity contribution in [3.8, 4) is 11.5 Å². The number of halogens is 2. The first-order valence-electron chi connectivity index (χ1n) is 7.70. The molecular formula is C19H15BrFNO4.